The zero-order chi connectivity index (χ0) is 14.8. The Morgan fingerprint density at radius 2 is 1.86 bits per heavy atom. The van der Waals surface area contributed by atoms with E-state index in [4.69, 9.17) is 4.42 Å². The lowest BCUT2D eigenvalue weighted by molar-refractivity contribution is 0.0697. The highest BCUT2D eigenvalue weighted by atomic mass is 32.2. The smallest absolute Gasteiger partial charge is 0.339 e. The van der Waals surface area contributed by atoms with E-state index in [1.54, 1.807) is 42.5 Å². The van der Waals surface area contributed by atoms with Crippen molar-refractivity contribution in [2.75, 3.05) is 0 Å². The van der Waals surface area contributed by atoms with Crippen molar-refractivity contribution in [3.8, 4) is 0 Å². The Bertz CT molecular complexity index is 810. The number of para-hydroxylation sites is 1. The Labute approximate surface area is 124 Å². The van der Waals surface area contributed by atoms with Crippen LogP contribution in [0, 0.1) is 5.82 Å². The van der Waals surface area contributed by atoms with E-state index in [-0.39, 0.29) is 17.1 Å². The third-order valence-corrected chi connectivity index (χ3v) is 4.13. The Morgan fingerprint density at radius 3 is 2.62 bits per heavy atom. The molecule has 0 saturated carbocycles. The Balaban J connectivity index is 1.95. The van der Waals surface area contributed by atoms with Crippen molar-refractivity contribution in [1.29, 1.82) is 0 Å². The molecule has 0 unspecified atom stereocenters. The molecule has 3 nitrogen and oxygen atoms in total. The van der Waals surface area contributed by atoms with Gasteiger partial charge >= 0.3 is 5.97 Å². The van der Waals surface area contributed by atoms with Crippen LogP contribution in [0.15, 0.2) is 57.8 Å². The van der Waals surface area contributed by atoms with Crippen molar-refractivity contribution < 1.29 is 18.7 Å². The van der Waals surface area contributed by atoms with E-state index in [9.17, 15) is 14.3 Å². The molecule has 3 rings (SSSR count). The van der Waals surface area contributed by atoms with Gasteiger partial charge in [-0.05, 0) is 18.2 Å². The average Bonchev–Trinajstić information content (AvgIpc) is 2.85. The molecule has 2 aromatic carbocycles. The number of rotatable bonds is 4. The second-order valence-electron chi connectivity index (χ2n) is 4.42. The summed E-state index contributed by atoms with van der Waals surface area (Å²) in [7, 11) is 0. The molecule has 0 saturated heterocycles. The van der Waals surface area contributed by atoms with Gasteiger partial charge in [0.15, 0.2) is 0 Å². The molecule has 0 amide bonds. The second-order valence-corrected chi connectivity index (χ2v) is 5.44. The van der Waals surface area contributed by atoms with Crippen LogP contribution in [-0.2, 0) is 5.75 Å². The predicted octanol–water partition coefficient (Wildman–Crippen LogP) is 4.56. The second kappa shape index (κ2) is 5.61. The van der Waals surface area contributed by atoms with Crippen molar-refractivity contribution in [3.63, 3.8) is 0 Å². The van der Waals surface area contributed by atoms with Gasteiger partial charge in [-0.3, -0.25) is 0 Å². The standard InChI is InChI=1S/C16H11FO3S/c17-11-6-2-4-8-14(11)21-9-13-15(16(18)19)10-5-1-3-7-12(10)20-13/h1-8H,9H2,(H,18,19). The monoisotopic (exact) mass is 302 g/mol. The minimum Gasteiger partial charge on any atom is -0.478 e. The lowest BCUT2D eigenvalue weighted by Crippen LogP contribution is -1.98. The first-order valence-electron chi connectivity index (χ1n) is 6.28. The van der Waals surface area contributed by atoms with E-state index in [0.717, 1.165) is 0 Å². The van der Waals surface area contributed by atoms with Crippen LogP contribution in [0.25, 0.3) is 11.0 Å². The number of aromatic carboxylic acids is 1. The predicted molar refractivity (Wildman–Crippen MR) is 79.1 cm³/mol. The third-order valence-electron chi connectivity index (χ3n) is 3.08. The molecule has 1 aromatic heterocycles. The number of carboxylic acid groups (broad SMARTS) is 1. The molecule has 0 aliphatic rings. The number of carboxylic acids is 1. The quantitative estimate of drug-likeness (QED) is 0.718. The van der Waals surface area contributed by atoms with Gasteiger partial charge < -0.3 is 9.52 Å². The van der Waals surface area contributed by atoms with Gasteiger partial charge in [-0.1, -0.05) is 30.3 Å². The van der Waals surface area contributed by atoms with Crippen molar-refractivity contribution in [3.05, 3.63) is 65.7 Å². The first-order chi connectivity index (χ1) is 10.2. The van der Waals surface area contributed by atoms with Gasteiger partial charge in [0.05, 0.1) is 5.75 Å². The number of hydrogen-bond donors (Lipinski definition) is 1. The highest BCUT2D eigenvalue weighted by Gasteiger charge is 2.20. The van der Waals surface area contributed by atoms with Crippen molar-refractivity contribution in [2.24, 2.45) is 0 Å². The van der Waals surface area contributed by atoms with E-state index in [0.29, 0.717) is 21.6 Å². The zero-order valence-corrected chi connectivity index (χ0v) is 11.7. The summed E-state index contributed by atoms with van der Waals surface area (Å²) in [5, 5.41) is 9.93. The summed E-state index contributed by atoms with van der Waals surface area (Å²) in [5.74, 6) is -0.756. The fraction of sp³-hybridized carbons (Fsp3) is 0.0625. The maximum Gasteiger partial charge on any atom is 0.339 e. The van der Waals surface area contributed by atoms with Crippen LogP contribution in [0.5, 0.6) is 0 Å². The Morgan fingerprint density at radius 1 is 1.14 bits per heavy atom. The maximum atomic E-state index is 13.6. The van der Waals surface area contributed by atoms with Crippen molar-refractivity contribution >= 4 is 28.7 Å². The summed E-state index contributed by atoms with van der Waals surface area (Å²) in [6.45, 7) is 0. The van der Waals surface area contributed by atoms with Crippen LogP contribution in [0.3, 0.4) is 0 Å². The molecular formula is C16H11FO3S. The summed E-state index contributed by atoms with van der Waals surface area (Å²) in [6, 6.07) is 13.4. The fourth-order valence-corrected chi connectivity index (χ4v) is 3.01. The first-order valence-corrected chi connectivity index (χ1v) is 7.26. The molecule has 5 heteroatoms. The van der Waals surface area contributed by atoms with Gasteiger partial charge in [-0.15, -0.1) is 11.8 Å². The molecule has 0 atom stereocenters. The molecule has 106 valence electrons. The van der Waals surface area contributed by atoms with Crippen LogP contribution < -0.4 is 0 Å². The molecule has 1 N–H and O–H groups in total. The van der Waals surface area contributed by atoms with Crippen LogP contribution in [0.2, 0.25) is 0 Å². The Kier molecular flexibility index (Phi) is 3.66. The molecule has 0 fully saturated rings. The van der Waals surface area contributed by atoms with Crippen LogP contribution in [-0.4, -0.2) is 11.1 Å². The summed E-state index contributed by atoms with van der Waals surface area (Å²) in [4.78, 5) is 11.9. The summed E-state index contributed by atoms with van der Waals surface area (Å²) in [6.07, 6.45) is 0. The molecule has 0 aliphatic heterocycles. The number of halogens is 1. The van der Waals surface area contributed by atoms with E-state index in [1.807, 2.05) is 0 Å². The number of benzene rings is 2. The topological polar surface area (TPSA) is 50.4 Å². The highest BCUT2D eigenvalue weighted by Crippen LogP contribution is 2.32. The van der Waals surface area contributed by atoms with Gasteiger partial charge in [0.25, 0.3) is 0 Å². The average molecular weight is 302 g/mol. The normalized spacial score (nSPS) is 10.9. The summed E-state index contributed by atoms with van der Waals surface area (Å²) >= 11 is 1.21. The Hall–Kier alpha value is -2.27. The molecule has 1 heterocycles. The molecule has 0 bridgehead atoms. The summed E-state index contributed by atoms with van der Waals surface area (Å²) < 4.78 is 19.2. The van der Waals surface area contributed by atoms with Gasteiger partial charge in [-0.2, -0.15) is 0 Å². The lowest BCUT2D eigenvalue weighted by atomic mass is 10.1. The van der Waals surface area contributed by atoms with E-state index >= 15 is 0 Å². The third kappa shape index (κ3) is 2.64. The largest absolute Gasteiger partial charge is 0.478 e. The number of thioether (sulfide) groups is 1. The van der Waals surface area contributed by atoms with Crippen LogP contribution in [0.4, 0.5) is 4.39 Å². The lowest BCUT2D eigenvalue weighted by Gasteiger charge is -2.02. The SMILES string of the molecule is O=C(O)c1c(CSc2ccccc2F)oc2ccccc12. The molecule has 0 radical (unpaired) electrons. The van der Waals surface area contributed by atoms with Crippen molar-refractivity contribution in [2.45, 2.75) is 10.6 Å². The van der Waals surface area contributed by atoms with Crippen LogP contribution in [0.1, 0.15) is 16.1 Å². The van der Waals surface area contributed by atoms with Gasteiger partial charge in [0.1, 0.15) is 22.7 Å². The molecule has 21 heavy (non-hydrogen) atoms. The van der Waals surface area contributed by atoms with E-state index in [1.165, 1.54) is 17.8 Å². The minimum absolute atomic E-state index is 0.148. The number of fused-ring (bicyclic) bond motifs is 1. The van der Waals surface area contributed by atoms with Gasteiger partial charge in [0.2, 0.25) is 0 Å². The fourth-order valence-electron chi connectivity index (χ4n) is 2.14. The highest BCUT2D eigenvalue weighted by molar-refractivity contribution is 7.98. The molecule has 0 spiro atoms. The zero-order valence-electron chi connectivity index (χ0n) is 10.9. The molecular weight excluding hydrogens is 291 g/mol. The summed E-state index contributed by atoms with van der Waals surface area (Å²) in [5.41, 5.74) is 0.675. The van der Waals surface area contributed by atoms with Gasteiger partial charge in [0, 0.05) is 10.3 Å². The van der Waals surface area contributed by atoms with Crippen LogP contribution >= 0.6 is 11.8 Å². The maximum absolute atomic E-state index is 13.6. The van der Waals surface area contributed by atoms with Crippen molar-refractivity contribution in [1.82, 2.24) is 0 Å². The minimum atomic E-state index is -1.04. The first kappa shape index (κ1) is 13.7. The molecule has 3 aromatic rings. The van der Waals surface area contributed by atoms with E-state index < -0.39 is 5.97 Å². The number of hydrogen-bond acceptors (Lipinski definition) is 3. The molecule has 0 aliphatic carbocycles. The van der Waals surface area contributed by atoms with Gasteiger partial charge in [-0.25, -0.2) is 9.18 Å². The number of carbonyl (C=O) groups is 1. The number of furan rings is 1. The van der Waals surface area contributed by atoms with E-state index in [2.05, 4.69) is 0 Å².